The fourth-order valence-corrected chi connectivity index (χ4v) is 2.34. The minimum Gasteiger partial charge on any atom is -0.398 e. The maximum absolute atomic E-state index is 13.0. The summed E-state index contributed by atoms with van der Waals surface area (Å²) in [5.41, 5.74) is 6.41. The monoisotopic (exact) mass is 253 g/mol. The van der Waals surface area contributed by atoms with Gasteiger partial charge in [0.25, 0.3) is 0 Å². The van der Waals surface area contributed by atoms with Crippen LogP contribution in [-0.4, -0.2) is 0 Å². The molecule has 0 aliphatic rings. The van der Waals surface area contributed by atoms with E-state index in [1.807, 2.05) is 12.1 Å². The van der Waals surface area contributed by atoms with E-state index in [9.17, 15) is 4.39 Å². The predicted octanol–water partition coefficient (Wildman–Crippen LogP) is 4.21. The van der Waals surface area contributed by atoms with Crippen LogP contribution in [0.15, 0.2) is 52.3 Å². The van der Waals surface area contributed by atoms with Crippen molar-refractivity contribution in [2.45, 2.75) is 9.79 Å². The van der Waals surface area contributed by atoms with Gasteiger partial charge in [0.15, 0.2) is 0 Å². The molecule has 0 unspecified atom stereocenters. The molecule has 1 nitrogen and oxygen atoms in total. The van der Waals surface area contributed by atoms with Gasteiger partial charge in [-0.05, 0) is 36.4 Å². The maximum Gasteiger partial charge on any atom is 0.124 e. The van der Waals surface area contributed by atoms with Crippen LogP contribution in [0.25, 0.3) is 0 Å². The second kappa shape index (κ2) is 4.76. The Hall–Kier alpha value is -1.19. The third-order valence-corrected chi connectivity index (χ3v) is 3.31. The lowest BCUT2D eigenvalue weighted by Crippen LogP contribution is -1.88. The molecule has 2 aromatic rings. The average molecular weight is 254 g/mol. The van der Waals surface area contributed by atoms with Gasteiger partial charge in [-0.1, -0.05) is 29.4 Å². The van der Waals surface area contributed by atoms with E-state index in [1.54, 1.807) is 18.2 Å². The van der Waals surface area contributed by atoms with Crippen LogP contribution in [0.4, 0.5) is 10.1 Å². The summed E-state index contributed by atoms with van der Waals surface area (Å²) in [5, 5.41) is 0.598. The van der Waals surface area contributed by atoms with E-state index < -0.39 is 0 Å². The smallest absolute Gasteiger partial charge is 0.124 e. The van der Waals surface area contributed by atoms with Crippen LogP contribution >= 0.6 is 23.4 Å². The summed E-state index contributed by atoms with van der Waals surface area (Å²) in [6.07, 6.45) is 0. The molecule has 0 aromatic heterocycles. The number of nitrogens with two attached hydrogens (primary N) is 1. The van der Waals surface area contributed by atoms with Crippen LogP contribution in [0.3, 0.4) is 0 Å². The van der Waals surface area contributed by atoms with Crippen molar-refractivity contribution < 1.29 is 4.39 Å². The van der Waals surface area contributed by atoms with Crippen molar-refractivity contribution >= 4 is 29.1 Å². The molecule has 0 spiro atoms. The molecule has 0 aliphatic carbocycles. The second-order valence-corrected chi connectivity index (χ2v) is 4.79. The summed E-state index contributed by atoms with van der Waals surface area (Å²) in [7, 11) is 0. The molecular weight excluding hydrogens is 245 g/mol. The van der Waals surface area contributed by atoms with Crippen LogP contribution in [0, 0.1) is 5.82 Å². The van der Waals surface area contributed by atoms with Crippen molar-refractivity contribution in [1.29, 1.82) is 0 Å². The molecule has 2 N–H and O–H groups in total. The first-order valence-corrected chi connectivity index (χ1v) is 5.83. The van der Waals surface area contributed by atoms with Gasteiger partial charge in [0.1, 0.15) is 5.82 Å². The molecule has 0 heterocycles. The summed E-state index contributed by atoms with van der Waals surface area (Å²) in [4.78, 5) is 1.68. The van der Waals surface area contributed by atoms with Crippen molar-refractivity contribution in [3.05, 3.63) is 53.3 Å². The lowest BCUT2D eigenvalue weighted by atomic mass is 10.3. The molecule has 0 amide bonds. The number of benzene rings is 2. The Bertz CT molecular complexity index is 516. The summed E-state index contributed by atoms with van der Waals surface area (Å²) < 4.78 is 13.0. The predicted molar refractivity (Wildman–Crippen MR) is 66.4 cm³/mol. The van der Waals surface area contributed by atoms with Gasteiger partial charge in [-0.15, -0.1) is 0 Å². The third-order valence-electron chi connectivity index (χ3n) is 2.00. The van der Waals surface area contributed by atoms with Crippen molar-refractivity contribution in [3.63, 3.8) is 0 Å². The van der Waals surface area contributed by atoms with Gasteiger partial charge in [0.05, 0.1) is 0 Å². The number of halogens is 2. The number of hydrogen-bond donors (Lipinski definition) is 1. The van der Waals surface area contributed by atoms with E-state index in [-0.39, 0.29) is 5.82 Å². The van der Waals surface area contributed by atoms with Gasteiger partial charge in [0, 0.05) is 20.5 Å². The summed E-state index contributed by atoms with van der Waals surface area (Å²) >= 11 is 7.21. The average Bonchev–Trinajstić information content (AvgIpc) is 2.22. The molecule has 0 bridgehead atoms. The van der Waals surface area contributed by atoms with Gasteiger partial charge in [-0.25, -0.2) is 4.39 Å². The summed E-state index contributed by atoms with van der Waals surface area (Å²) in [5.74, 6) is -0.252. The Morgan fingerprint density at radius 2 is 1.94 bits per heavy atom. The zero-order valence-electron chi connectivity index (χ0n) is 8.28. The van der Waals surface area contributed by atoms with Gasteiger partial charge in [-0.2, -0.15) is 0 Å². The minimum atomic E-state index is -0.252. The fraction of sp³-hybridized carbons (Fsp3) is 0. The second-order valence-electron chi connectivity index (χ2n) is 3.24. The molecule has 2 aromatic carbocycles. The Labute approximate surface area is 102 Å². The molecule has 0 aliphatic heterocycles. The molecule has 0 atom stereocenters. The first-order valence-electron chi connectivity index (χ1n) is 4.63. The minimum absolute atomic E-state index is 0.252. The van der Waals surface area contributed by atoms with Crippen molar-refractivity contribution in [2.75, 3.05) is 5.73 Å². The standard InChI is InChI=1S/C12H9ClFNS/c13-8-4-5-12(11(15)6-8)16-10-3-1-2-9(14)7-10/h1-7H,15H2. The molecule has 0 fully saturated rings. The van der Waals surface area contributed by atoms with E-state index in [1.165, 1.54) is 23.9 Å². The number of rotatable bonds is 2. The van der Waals surface area contributed by atoms with Crippen LogP contribution in [0.5, 0.6) is 0 Å². The largest absolute Gasteiger partial charge is 0.398 e. The van der Waals surface area contributed by atoms with E-state index in [0.717, 1.165) is 9.79 Å². The lowest BCUT2D eigenvalue weighted by molar-refractivity contribution is 0.624. The fourth-order valence-electron chi connectivity index (χ4n) is 1.27. The highest BCUT2D eigenvalue weighted by Gasteiger charge is 2.03. The Kier molecular flexibility index (Phi) is 3.36. The first kappa shape index (κ1) is 11.3. The molecule has 82 valence electrons. The normalized spacial score (nSPS) is 10.4. The van der Waals surface area contributed by atoms with E-state index in [2.05, 4.69) is 0 Å². The van der Waals surface area contributed by atoms with Gasteiger partial charge in [-0.3, -0.25) is 0 Å². The highest BCUT2D eigenvalue weighted by atomic mass is 35.5. The number of hydrogen-bond acceptors (Lipinski definition) is 2. The van der Waals surface area contributed by atoms with E-state index >= 15 is 0 Å². The highest BCUT2D eigenvalue weighted by molar-refractivity contribution is 7.99. The first-order chi connectivity index (χ1) is 7.65. The summed E-state index contributed by atoms with van der Waals surface area (Å²) in [6, 6.07) is 11.7. The lowest BCUT2D eigenvalue weighted by Gasteiger charge is -2.05. The SMILES string of the molecule is Nc1cc(Cl)ccc1Sc1cccc(F)c1. The molecule has 2 rings (SSSR count). The van der Waals surface area contributed by atoms with Gasteiger partial charge < -0.3 is 5.73 Å². The van der Waals surface area contributed by atoms with E-state index in [0.29, 0.717) is 10.7 Å². The molecule has 0 saturated heterocycles. The molecular formula is C12H9ClFNS. The van der Waals surface area contributed by atoms with Crippen LogP contribution in [0.1, 0.15) is 0 Å². The van der Waals surface area contributed by atoms with Crippen molar-refractivity contribution in [1.82, 2.24) is 0 Å². The Balaban J connectivity index is 2.27. The van der Waals surface area contributed by atoms with Crippen LogP contribution < -0.4 is 5.73 Å². The summed E-state index contributed by atoms with van der Waals surface area (Å²) in [6.45, 7) is 0. The quantitative estimate of drug-likeness (QED) is 0.812. The third kappa shape index (κ3) is 2.68. The molecule has 4 heteroatoms. The van der Waals surface area contributed by atoms with Gasteiger partial charge in [0.2, 0.25) is 0 Å². The topological polar surface area (TPSA) is 26.0 Å². The van der Waals surface area contributed by atoms with Crippen molar-refractivity contribution in [3.8, 4) is 0 Å². The Morgan fingerprint density at radius 1 is 1.12 bits per heavy atom. The zero-order valence-corrected chi connectivity index (χ0v) is 9.86. The molecule has 0 radical (unpaired) electrons. The highest BCUT2D eigenvalue weighted by Crippen LogP contribution is 2.33. The maximum atomic E-state index is 13.0. The van der Waals surface area contributed by atoms with Crippen LogP contribution in [0.2, 0.25) is 5.02 Å². The number of anilines is 1. The Morgan fingerprint density at radius 3 is 2.62 bits per heavy atom. The zero-order chi connectivity index (χ0) is 11.5. The van der Waals surface area contributed by atoms with Crippen molar-refractivity contribution in [2.24, 2.45) is 0 Å². The molecule has 16 heavy (non-hydrogen) atoms. The van der Waals surface area contributed by atoms with Gasteiger partial charge >= 0.3 is 0 Å². The van der Waals surface area contributed by atoms with Crippen LogP contribution in [-0.2, 0) is 0 Å². The van der Waals surface area contributed by atoms with E-state index in [4.69, 9.17) is 17.3 Å². The number of nitrogen functional groups attached to an aromatic ring is 1. The molecule has 0 saturated carbocycles.